The summed E-state index contributed by atoms with van der Waals surface area (Å²) < 4.78 is 2.06. The van der Waals surface area contributed by atoms with Gasteiger partial charge < -0.3 is 4.57 Å². The van der Waals surface area contributed by atoms with E-state index in [-0.39, 0.29) is 0 Å². The Morgan fingerprint density at radius 3 is 2.73 bits per heavy atom. The van der Waals surface area contributed by atoms with Crippen LogP contribution in [-0.2, 0) is 0 Å². The van der Waals surface area contributed by atoms with Gasteiger partial charge in [0, 0.05) is 28.2 Å². The summed E-state index contributed by atoms with van der Waals surface area (Å²) in [5.41, 5.74) is 1.73. The minimum absolute atomic E-state index is 0.319. The third-order valence-electron chi connectivity index (χ3n) is 2.51. The molecule has 1 aromatic heterocycles. The number of nitrogens with zero attached hydrogens (tertiary/aromatic N) is 1. The number of benzene rings is 1. The molecule has 0 fully saturated rings. The van der Waals surface area contributed by atoms with Crippen LogP contribution in [0, 0.1) is 0 Å². The molecule has 0 saturated carbocycles. The first-order valence-electron chi connectivity index (χ1n) is 4.88. The summed E-state index contributed by atoms with van der Waals surface area (Å²) in [6, 6.07) is 5.91. The van der Waals surface area contributed by atoms with Crippen molar-refractivity contribution in [3.8, 4) is 0 Å². The Balaban J connectivity index is 2.81. The molecule has 2 rings (SSSR count). The Bertz CT molecular complexity index is 514. The summed E-state index contributed by atoms with van der Waals surface area (Å²) >= 11 is 5.95. The maximum absolute atomic E-state index is 10.9. The second kappa shape index (κ2) is 3.70. The van der Waals surface area contributed by atoms with E-state index in [9.17, 15) is 4.79 Å². The predicted molar refractivity (Wildman–Crippen MR) is 62.7 cm³/mol. The Morgan fingerprint density at radius 2 is 2.13 bits per heavy atom. The number of carbonyl (C=O) groups excluding carboxylic acids is 1. The first kappa shape index (κ1) is 10.2. The van der Waals surface area contributed by atoms with Gasteiger partial charge in [-0.1, -0.05) is 17.7 Å². The van der Waals surface area contributed by atoms with Crippen molar-refractivity contribution in [1.82, 2.24) is 4.57 Å². The van der Waals surface area contributed by atoms with Gasteiger partial charge in [-0.15, -0.1) is 0 Å². The number of rotatable bonds is 2. The van der Waals surface area contributed by atoms with Crippen LogP contribution in [-0.4, -0.2) is 10.9 Å². The molecular formula is C12H12ClNO. The van der Waals surface area contributed by atoms with Crippen LogP contribution in [0.2, 0.25) is 5.02 Å². The molecule has 78 valence electrons. The first-order chi connectivity index (χ1) is 7.13. The van der Waals surface area contributed by atoms with Crippen molar-refractivity contribution in [2.75, 3.05) is 0 Å². The fourth-order valence-corrected chi connectivity index (χ4v) is 1.94. The van der Waals surface area contributed by atoms with Crippen LogP contribution in [0.1, 0.15) is 30.2 Å². The molecule has 0 saturated heterocycles. The van der Waals surface area contributed by atoms with Gasteiger partial charge in [-0.25, -0.2) is 0 Å². The molecule has 0 aliphatic rings. The lowest BCUT2D eigenvalue weighted by Crippen LogP contribution is -1.97. The number of hydrogen-bond donors (Lipinski definition) is 0. The van der Waals surface area contributed by atoms with Gasteiger partial charge in [0.15, 0.2) is 6.29 Å². The highest BCUT2D eigenvalue weighted by Gasteiger charge is 2.09. The van der Waals surface area contributed by atoms with Crippen LogP contribution in [0.3, 0.4) is 0 Å². The molecule has 0 atom stereocenters. The van der Waals surface area contributed by atoms with Crippen molar-refractivity contribution in [1.29, 1.82) is 0 Å². The van der Waals surface area contributed by atoms with Gasteiger partial charge in [-0.3, -0.25) is 4.79 Å². The molecular weight excluding hydrogens is 210 g/mol. The molecule has 1 heterocycles. The van der Waals surface area contributed by atoms with E-state index in [4.69, 9.17) is 11.6 Å². The van der Waals surface area contributed by atoms with Crippen LogP contribution < -0.4 is 0 Å². The average molecular weight is 222 g/mol. The highest BCUT2D eigenvalue weighted by molar-refractivity contribution is 6.31. The number of hydrogen-bond acceptors (Lipinski definition) is 1. The molecule has 3 heteroatoms. The second-order valence-corrected chi connectivity index (χ2v) is 4.30. The van der Waals surface area contributed by atoms with E-state index in [1.165, 1.54) is 0 Å². The fraction of sp³-hybridized carbons (Fsp3) is 0.250. The monoisotopic (exact) mass is 221 g/mol. The molecule has 0 spiro atoms. The smallest absolute Gasteiger partial charge is 0.152 e. The number of aldehydes is 1. The lowest BCUT2D eigenvalue weighted by atomic mass is 10.2. The zero-order valence-corrected chi connectivity index (χ0v) is 9.45. The summed E-state index contributed by atoms with van der Waals surface area (Å²) in [5, 5.41) is 1.66. The molecule has 1 aromatic carbocycles. The van der Waals surface area contributed by atoms with Crippen LogP contribution in [0.5, 0.6) is 0 Å². The largest absolute Gasteiger partial charge is 0.344 e. The molecule has 2 nitrogen and oxygen atoms in total. The molecule has 2 aromatic rings. The molecule has 0 aliphatic heterocycles. The van der Waals surface area contributed by atoms with Crippen molar-refractivity contribution in [2.24, 2.45) is 0 Å². The average Bonchev–Trinajstić information content (AvgIpc) is 2.55. The highest BCUT2D eigenvalue weighted by atomic mass is 35.5. The van der Waals surface area contributed by atoms with Crippen LogP contribution in [0.15, 0.2) is 24.4 Å². The minimum Gasteiger partial charge on any atom is -0.344 e. The Labute approximate surface area is 93.5 Å². The van der Waals surface area contributed by atoms with E-state index < -0.39 is 0 Å². The van der Waals surface area contributed by atoms with E-state index in [1.54, 1.807) is 0 Å². The third-order valence-corrected chi connectivity index (χ3v) is 2.75. The maximum atomic E-state index is 10.9. The quantitative estimate of drug-likeness (QED) is 0.709. The first-order valence-corrected chi connectivity index (χ1v) is 5.26. The maximum Gasteiger partial charge on any atom is 0.152 e. The number of halogens is 1. The molecule has 0 N–H and O–H groups in total. The van der Waals surface area contributed by atoms with E-state index in [0.29, 0.717) is 11.1 Å². The number of fused-ring (bicyclic) bond motifs is 1. The third kappa shape index (κ3) is 1.65. The topological polar surface area (TPSA) is 22.0 Å². The summed E-state index contributed by atoms with van der Waals surface area (Å²) in [6.45, 7) is 4.16. The van der Waals surface area contributed by atoms with Gasteiger partial charge in [0.05, 0.1) is 5.52 Å². The zero-order chi connectivity index (χ0) is 11.0. The molecule has 0 bridgehead atoms. The number of aromatic nitrogens is 1. The Hall–Kier alpha value is -1.28. The summed E-state index contributed by atoms with van der Waals surface area (Å²) in [5.74, 6) is 0. The van der Waals surface area contributed by atoms with Gasteiger partial charge in [0.1, 0.15) is 0 Å². The van der Waals surface area contributed by atoms with Crippen LogP contribution in [0.25, 0.3) is 10.9 Å². The second-order valence-electron chi connectivity index (χ2n) is 3.86. The Kier molecular flexibility index (Phi) is 2.53. The van der Waals surface area contributed by atoms with E-state index >= 15 is 0 Å². The highest BCUT2D eigenvalue weighted by Crippen LogP contribution is 2.26. The Morgan fingerprint density at radius 1 is 1.40 bits per heavy atom. The molecule has 0 amide bonds. The molecule has 0 radical (unpaired) electrons. The van der Waals surface area contributed by atoms with Crippen molar-refractivity contribution < 1.29 is 4.79 Å². The lowest BCUT2D eigenvalue weighted by molar-refractivity contribution is 0.112. The van der Waals surface area contributed by atoms with Crippen molar-refractivity contribution in [3.63, 3.8) is 0 Å². The molecule has 0 aliphatic carbocycles. The summed E-state index contributed by atoms with van der Waals surface area (Å²) in [7, 11) is 0. The summed E-state index contributed by atoms with van der Waals surface area (Å²) in [4.78, 5) is 10.9. The van der Waals surface area contributed by atoms with Gasteiger partial charge in [0.25, 0.3) is 0 Å². The lowest BCUT2D eigenvalue weighted by Gasteiger charge is -2.08. The zero-order valence-electron chi connectivity index (χ0n) is 8.70. The standard InChI is InChI=1S/C12H12ClNO/c1-8(2)14-6-9(7-15)11-4-3-10(13)5-12(11)14/h3-8H,1-2H3. The van der Waals surface area contributed by atoms with E-state index in [1.807, 2.05) is 24.4 Å². The minimum atomic E-state index is 0.319. The van der Waals surface area contributed by atoms with Gasteiger partial charge in [0.2, 0.25) is 0 Å². The SMILES string of the molecule is CC(C)n1cc(C=O)c2ccc(Cl)cc21. The van der Waals surface area contributed by atoms with Gasteiger partial charge in [-0.2, -0.15) is 0 Å². The van der Waals surface area contributed by atoms with Crippen LogP contribution >= 0.6 is 11.6 Å². The fourth-order valence-electron chi connectivity index (χ4n) is 1.77. The van der Waals surface area contributed by atoms with Crippen molar-refractivity contribution >= 4 is 28.8 Å². The predicted octanol–water partition coefficient (Wildman–Crippen LogP) is 3.69. The number of carbonyl (C=O) groups is 1. The normalized spacial score (nSPS) is 11.2. The van der Waals surface area contributed by atoms with Crippen molar-refractivity contribution in [2.45, 2.75) is 19.9 Å². The van der Waals surface area contributed by atoms with Gasteiger partial charge >= 0.3 is 0 Å². The van der Waals surface area contributed by atoms with E-state index in [0.717, 1.165) is 22.8 Å². The molecule has 0 unspecified atom stereocenters. The molecule has 15 heavy (non-hydrogen) atoms. The van der Waals surface area contributed by atoms with Crippen molar-refractivity contribution in [3.05, 3.63) is 35.0 Å². The van der Waals surface area contributed by atoms with E-state index in [2.05, 4.69) is 18.4 Å². The van der Waals surface area contributed by atoms with Crippen LogP contribution in [0.4, 0.5) is 0 Å². The summed E-state index contributed by atoms with van der Waals surface area (Å²) in [6.07, 6.45) is 2.76. The van der Waals surface area contributed by atoms with Gasteiger partial charge in [-0.05, 0) is 26.0 Å².